The third kappa shape index (κ3) is 3.42. The number of methoxy groups -OCH3 is 1. The molecule has 128 valence electrons. The SMILES string of the molecule is COC(=O)c1c(-c2c(Cl)cccc2Cl)noc1Nc1cc(C)ncn1. The highest BCUT2D eigenvalue weighted by atomic mass is 35.5. The first-order chi connectivity index (χ1) is 12.0. The van der Waals surface area contributed by atoms with Crippen molar-refractivity contribution in [3.63, 3.8) is 0 Å². The van der Waals surface area contributed by atoms with Gasteiger partial charge in [-0.15, -0.1) is 0 Å². The minimum atomic E-state index is -0.652. The van der Waals surface area contributed by atoms with Gasteiger partial charge in [0.1, 0.15) is 17.8 Å². The lowest BCUT2D eigenvalue weighted by molar-refractivity contribution is 0.0602. The number of nitrogens with zero attached hydrogens (tertiary/aromatic N) is 3. The van der Waals surface area contributed by atoms with Gasteiger partial charge in [0.15, 0.2) is 5.56 Å². The van der Waals surface area contributed by atoms with Gasteiger partial charge in [-0.3, -0.25) is 0 Å². The molecule has 25 heavy (non-hydrogen) atoms. The number of carbonyl (C=O) groups is 1. The molecule has 9 heteroatoms. The van der Waals surface area contributed by atoms with Crippen molar-refractivity contribution in [3.8, 4) is 11.3 Å². The number of hydrogen-bond donors (Lipinski definition) is 1. The maximum Gasteiger partial charge on any atom is 0.345 e. The van der Waals surface area contributed by atoms with Gasteiger partial charge >= 0.3 is 5.97 Å². The molecule has 0 bridgehead atoms. The minimum Gasteiger partial charge on any atom is -0.465 e. The smallest absolute Gasteiger partial charge is 0.345 e. The number of carbonyl (C=O) groups excluding carboxylic acids is 1. The van der Waals surface area contributed by atoms with E-state index in [0.29, 0.717) is 21.4 Å². The monoisotopic (exact) mass is 378 g/mol. The van der Waals surface area contributed by atoms with E-state index in [1.807, 2.05) is 6.92 Å². The lowest BCUT2D eigenvalue weighted by atomic mass is 10.1. The molecule has 0 aliphatic heterocycles. The summed E-state index contributed by atoms with van der Waals surface area (Å²) in [7, 11) is 1.26. The van der Waals surface area contributed by atoms with E-state index in [0.717, 1.165) is 5.69 Å². The number of hydrogen-bond acceptors (Lipinski definition) is 7. The van der Waals surface area contributed by atoms with Crippen LogP contribution in [-0.4, -0.2) is 28.2 Å². The van der Waals surface area contributed by atoms with Crippen LogP contribution in [0.2, 0.25) is 10.0 Å². The van der Waals surface area contributed by atoms with Gasteiger partial charge in [-0.1, -0.05) is 34.4 Å². The number of esters is 1. The summed E-state index contributed by atoms with van der Waals surface area (Å²) in [5.74, 6) is -0.151. The second kappa shape index (κ2) is 7.08. The summed E-state index contributed by atoms with van der Waals surface area (Å²) in [5, 5.41) is 7.49. The third-order valence-corrected chi connectivity index (χ3v) is 3.96. The van der Waals surface area contributed by atoms with Crippen LogP contribution in [0.5, 0.6) is 0 Å². The first kappa shape index (κ1) is 17.2. The topological polar surface area (TPSA) is 90.1 Å². The molecule has 3 rings (SSSR count). The summed E-state index contributed by atoms with van der Waals surface area (Å²) in [6.07, 6.45) is 1.39. The lowest BCUT2D eigenvalue weighted by Gasteiger charge is -2.07. The molecule has 0 atom stereocenters. The molecule has 0 saturated heterocycles. The Bertz CT molecular complexity index is 923. The Kier molecular flexibility index (Phi) is 4.87. The molecule has 3 aromatic rings. The van der Waals surface area contributed by atoms with Crippen molar-refractivity contribution in [2.24, 2.45) is 0 Å². The van der Waals surface area contributed by atoms with Gasteiger partial charge in [0.2, 0.25) is 5.88 Å². The van der Waals surface area contributed by atoms with Crippen LogP contribution in [0.3, 0.4) is 0 Å². The molecule has 0 aliphatic rings. The third-order valence-electron chi connectivity index (χ3n) is 3.33. The number of nitrogens with one attached hydrogen (secondary N) is 1. The fourth-order valence-corrected chi connectivity index (χ4v) is 2.78. The Labute approximate surface area is 152 Å². The van der Waals surface area contributed by atoms with Crippen LogP contribution in [0.1, 0.15) is 16.1 Å². The Balaban J connectivity index is 2.12. The van der Waals surface area contributed by atoms with Crippen LogP contribution in [0.4, 0.5) is 11.7 Å². The highest BCUT2D eigenvalue weighted by Crippen LogP contribution is 2.39. The van der Waals surface area contributed by atoms with E-state index in [2.05, 4.69) is 20.4 Å². The van der Waals surface area contributed by atoms with E-state index in [4.69, 9.17) is 32.5 Å². The average molecular weight is 379 g/mol. The van der Waals surface area contributed by atoms with Crippen molar-refractivity contribution < 1.29 is 14.1 Å². The molecule has 0 radical (unpaired) electrons. The first-order valence-corrected chi connectivity index (χ1v) is 7.85. The largest absolute Gasteiger partial charge is 0.465 e. The predicted octanol–water partition coefficient (Wildman–Crippen LogP) is 4.28. The second-order valence-electron chi connectivity index (χ2n) is 4.99. The predicted molar refractivity (Wildman–Crippen MR) is 93.4 cm³/mol. The summed E-state index contributed by atoms with van der Waals surface area (Å²) in [6.45, 7) is 1.81. The van der Waals surface area contributed by atoms with E-state index in [-0.39, 0.29) is 17.1 Å². The molecule has 0 spiro atoms. The van der Waals surface area contributed by atoms with Crippen molar-refractivity contribution in [1.82, 2.24) is 15.1 Å². The summed E-state index contributed by atoms with van der Waals surface area (Å²) >= 11 is 12.4. The van der Waals surface area contributed by atoms with Crippen LogP contribution in [0.25, 0.3) is 11.3 Å². The molecule has 0 fully saturated rings. The quantitative estimate of drug-likeness (QED) is 0.677. The van der Waals surface area contributed by atoms with Crippen molar-refractivity contribution in [2.75, 3.05) is 12.4 Å². The molecule has 2 aromatic heterocycles. The normalized spacial score (nSPS) is 10.6. The molecular weight excluding hydrogens is 367 g/mol. The second-order valence-corrected chi connectivity index (χ2v) is 5.81. The van der Waals surface area contributed by atoms with E-state index in [1.165, 1.54) is 13.4 Å². The summed E-state index contributed by atoms with van der Waals surface area (Å²) in [6, 6.07) is 6.65. The minimum absolute atomic E-state index is 0.0637. The standard InChI is InChI=1S/C16H12Cl2N4O3/c1-8-6-11(20-7-19-8)21-15-13(16(23)24-2)14(22-25-15)12-9(17)4-3-5-10(12)18/h3-7H,1-2H3,(H,19,20,21). The first-order valence-electron chi connectivity index (χ1n) is 7.09. The molecular formula is C16H12Cl2N4O3. The van der Waals surface area contributed by atoms with E-state index in [9.17, 15) is 4.79 Å². The Morgan fingerprint density at radius 3 is 2.60 bits per heavy atom. The summed E-state index contributed by atoms with van der Waals surface area (Å²) < 4.78 is 10.1. The van der Waals surface area contributed by atoms with Gasteiger partial charge in [-0.2, -0.15) is 0 Å². The van der Waals surface area contributed by atoms with Crippen LogP contribution in [0.15, 0.2) is 35.1 Å². The number of benzene rings is 1. The maximum absolute atomic E-state index is 12.3. The van der Waals surface area contributed by atoms with Crippen LogP contribution >= 0.6 is 23.2 Å². The van der Waals surface area contributed by atoms with E-state index < -0.39 is 5.97 Å². The zero-order valence-corrected chi connectivity index (χ0v) is 14.7. The van der Waals surface area contributed by atoms with Crippen LogP contribution in [0, 0.1) is 6.92 Å². The Hall–Kier alpha value is -2.64. The summed E-state index contributed by atoms with van der Waals surface area (Å²) in [5.41, 5.74) is 1.36. The van der Waals surface area contributed by atoms with Gasteiger partial charge in [-0.05, 0) is 19.1 Å². The number of ether oxygens (including phenoxy) is 1. The maximum atomic E-state index is 12.3. The zero-order valence-electron chi connectivity index (χ0n) is 13.2. The molecule has 0 saturated carbocycles. The fraction of sp³-hybridized carbons (Fsp3) is 0.125. The number of aryl methyl sites for hydroxylation is 1. The molecule has 0 unspecified atom stereocenters. The highest BCUT2D eigenvalue weighted by molar-refractivity contribution is 6.39. The van der Waals surface area contributed by atoms with Gasteiger partial charge in [-0.25, -0.2) is 14.8 Å². The van der Waals surface area contributed by atoms with E-state index in [1.54, 1.807) is 24.3 Å². The number of halogens is 2. The van der Waals surface area contributed by atoms with Gasteiger partial charge < -0.3 is 14.6 Å². The molecule has 0 amide bonds. The number of rotatable bonds is 4. The molecule has 7 nitrogen and oxygen atoms in total. The van der Waals surface area contributed by atoms with Gasteiger partial charge in [0.25, 0.3) is 0 Å². The molecule has 1 N–H and O–H groups in total. The lowest BCUT2D eigenvalue weighted by Crippen LogP contribution is -2.06. The van der Waals surface area contributed by atoms with E-state index >= 15 is 0 Å². The van der Waals surface area contributed by atoms with Crippen molar-refractivity contribution in [3.05, 3.63) is 51.9 Å². The highest BCUT2D eigenvalue weighted by Gasteiger charge is 2.28. The average Bonchev–Trinajstić information content (AvgIpc) is 2.97. The number of aromatic nitrogens is 3. The van der Waals surface area contributed by atoms with Crippen LogP contribution in [-0.2, 0) is 4.74 Å². The Morgan fingerprint density at radius 1 is 1.24 bits per heavy atom. The molecule has 0 aliphatic carbocycles. The summed E-state index contributed by atoms with van der Waals surface area (Å²) in [4.78, 5) is 20.4. The fourth-order valence-electron chi connectivity index (χ4n) is 2.20. The van der Waals surface area contributed by atoms with Gasteiger partial charge in [0.05, 0.1) is 17.2 Å². The van der Waals surface area contributed by atoms with Crippen molar-refractivity contribution in [1.29, 1.82) is 0 Å². The van der Waals surface area contributed by atoms with Crippen molar-refractivity contribution >= 4 is 40.9 Å². The zero-order chi connectivity index (χ0) is 18.0. The molecule has 1 aromatic carbocycles. The molecule has 2 heterocycles. The van der Waals surface area contributed by atoms with Crippen LogP contribution < -0.4 is 5.32 Å². The van der Waals surface area contributed by atoms with Gasteiger partial charge in [0, 0.05) is 17.3 Å². The Morgan fingerprint density at radius 2 is 1.96 bits per heavy atom. The van der Waals surface area contributed by atoms with Crippen molar-refractivity contribution in [2.45, 2.75) is 6.92 Å². The number of anilines is 2.